The van der Waals surface area contributed by atoms with Crippen molar-refractivity contribution in [3.63, 3.8) is 0 Å². The van der Waals surface area contributed by atoms with Crippen LogP contribution < -0.4 is 5.32 Å². The fraction of sp³-hybridized carbons (Fsp3) is 0.480. The van der Waals surface area contributed by atoms with Crippen molar-refractivity contribution in [2.45, 2.75) is 57.7 Å². The number of sulfonamides is 1. The van der Waals surface area contributed by atoms with Crippen LogP contribution in [0.4, 0.5) is 0 Å². The summed E-state index contributed by atoms with van der Waals surface area (Å²) in [6, 6.07) is 15.6. The molecule has 2 aromatic carbocycles. The Hall–Kier alpha value is -1.70. The van der Waals surface area contributed by atoms with Gasteiger partial charge < -0.3 is 5.32 Å². The molecule has 5 nitrogen and oxygen atoms in total. The van der Waals surface area contributed by atoms with Gasteiger partial charge >= 0.3 is 0 Å². The molecule has 0 bridgehead atoms. The average molecular weight is 522 g/mol. The second-order valence-electron chi connectivity index (χ2n) is 9.66. The fourth-order valence-corrected chi connectivity index (χ4v) is 6.01. The fourth-order valence-electron chi connectivity index (χ4n) is 4.01. The van der Waals surface area contributed by atoms with E-state index in [1.54, 1.807) is 0 Å². The van der Waals surface area contributed by atoms with E-state index in [1.807, 2.05) is 31.2 Å². The highest BCUT2D eigenvalue weighted by molar-refractivity contribution is 9.10. The maximum Gasteiger partial charge on any atom is 0.223 e. The van der Waals surface area contributed by atoms with Crippen LogP contribution >= 0.6 is 15.9 Å². The lowest BCUT2D eigenvalue weighted by Gasteiger charge is -2.31. The largest absolute Gasteiger partial charge is 0.349 e. The number of benzene rings is 2. The lowest BCUT2D eigenvalue weighted by Crippen LogP contribution is -2.43. The predicted octanol–water partition coefficient (Wildman–Crippen LogP) is 5.17. The van der Waals surface area contributed by atoms with Gasteiger partial charge in [0.05, 0.1) is 11.8 Å². The van der Waals surface area contributed by atoms with Crippen LogP contribution in [-0.4, -0.2) is 31.7 Å². The monoisotopic (exact) mass is 520 g/mol. The summed E-state index contributed by atoms with van der Waals surface area (Å²) in [6.45, 7) is 9.28. The molecule has 32 heavy (non-hydrogen) atoms. The number of hydrogen-bond donors (Lipinski definition) is 1. The zero-order chi connectivity index (χ0) is 23.5. The van der Waals surface area contributed by atoms with Crippen LogP contribution in [-0.2, 0) is 26.0 Å². The van der Waals surface area contributed by atoms with E-state index in [4.69, 9.17) is 0 Å². The van der Waals surface area contributed by atoms with E-state index >= 15 is 0 Å². The van der Waals surface area contributed by atoms with Crippen molar-refractivity contribution in [2.75, 3.05) is 13.1 Å². The van der Waals surface area contributed by atoms with Crippen LogP contribution in [0.25, 0.3) is 0 Å². The molecule has 3 rings (SSSR count). The minimum atomic E-state index is -3.40. The van der Waals surface area contributed by atoms with Gasteiger partial charge in [0.25, 0.3) is 0 Å². The SMILES string of the molecule is C[C@H](NC(=O)C1CCN(S(=O)(=O)Cc2cccc(Br)c2)CC1)c1ccc(C(C)(C)C)cc1. The molecule has 1 amide bonds. The molecule has 1 saturated heterocycles. The Kier molecular flexibility index (Phi) is 7.84. The summed E-state index contributed by atoms with van der Waals surface area (Å²) in [5.74, 6) is -0.185. The second-order valence-corrected chi connectivity index (χ2v) is 12.5. The highest BCUT2D eigenvalue weighted by Crippen LogP contribution is 2.26. The molecule has 2 aromatic rings. The normalized spacial score (nSPS) is 17.2. The van der Waals surface area contributed by atoms with Crippen LogP contribution in [0.2, 0.25) is 0 Å². The van der Waals surface area contributed by atoms with Crippen molar-refractivity contribution in [1.29, 1.82) is 0 Å². The molecule has 1 aliphatic heterocycles. The van der Waals surface area contributed by atoms with Crippen LogP contribution in [0.15, 0.2) is 53.0 Å². The molecule has 1 fully saturated rings. The van der Waals surface area contributed by atoms with Gasteiger partial charge in [-0.05, 0) is 54.0 Å². The van der Waals surface area contributed by atoms with Gasteiger partial charge in [0.15, 0.2) is 0 Å². The third-order valence-corrected chi connectivity index (χ3v) is 8.43. The molecule has 7 heteroatoms. The molecule has 1 N–H and O–H groups in total. The molecule has 0 aromatic heterocycles. The van der Waals surface area contributed by atoms with E-state index in [2.05, 4.69) is 66.3 Å². The minimum absolute atomic E-state index is 0.00133. The maximum atomic E-state index is 12.8. The van der Waals surface area contributed by atoms with Crippen molar-refractivity contribution in [3.05, 3.63) is 69.7 Å². The minimum Gasteiger partial charge on any atom is -0.349 e. The van der Waals surface area contributed by atoms with Crippen molar-refractivity contribution in [1.82, 2.24) is 9.62 Å². The number of nitrogens with one attached hydrogen (secondary N) is 1. The summed E-state index contributed by atoms with van der Waals surface area (Å²) in [7, 11) is -3.40. The molecule has 0 saturated carbocycles. The third-order valence-electron chi connectivity index (χ3n) is 6.09. The van der Waals surface area contributed by atoms with Crippen molar-refractivity contribution >= 4 is 31.9 Å². The molecule has 174 valence electrons. The van der Waals surface area contributed by atoms with Crippen molar-refractivity contribution in [2.24, 2.45) is 5.92 Å². The van der Waals surface area contributed by atoms with Gasteiger partial charge in [0.2, 0.25) is 15.9 Å². The van der Waals surface area contributed by atoms with Crippen LogP contribution in [0.5, 0.6) is 0 Å². The van der Waals surface area contributed by atoms with Gasteiger partial charge in [-0.1, -0.05) is 73.1 Å². The number of nitrogens with zero attached hydrogens (tertiary/aromatic N) is 1. The first-order valence-electron chi connectivity index (χ1n) is 11.1. The molecule has 1 heterocycles. The van der Waals surface area contributed by atoms with Gasteiger partial charge in [0.1, 0.15) is 0 Å². The van der Waals surface area contributed by atoms with Gasteiger partial charge in [-0.25, -0.2) is 12.7 Å². The van der Waals surface area contributed by atoms with Gasteiger partial charge in [-0.3, -0.25) is 4.79 Å². The first-order chi connectivity index (χ1) is 15.0. The molecule has 0 radical (unpaired) electrons. The zero-order valence-electron chi connectivity index (χ0n) is 19.3. The summed E-state index contributed by atoms with van der Waals surface area (Å²) in [4.78, 5) is 12.8. The summed E-state index contributed by atoms with van der Waals surface area (Å²) < 4.78 is 28.0. The summed E-state index contributed by atoms with van der Waals surface area (Å²) in [5.41, 5.74) is 3.18. The predicted molar refractivity (Wildman–Crippen MR) is 133 cm³/mol. The van der Waals surface area contributed by atoms with Gasteiger partial charge in [0, 0.05) is 23.5 Å². The molecule has 0 aliphatic carbocycles. The Morgan fingerprint density at radius 3 is 2.31 bits per heavy atom. The molecule has 1 atom stereocenters. The van der Waals surface area contributed by atoms with Crippen molar-refractivity contribution < 1.29 is 13.2 Å². The first kappa shape index (κ1) is 24.9. The molecular weight excluding hydrogens is 488 g/mol. The quantitative estimate of drug-likeness (QED) is 0.571. The third kappa shape index (κ3) is 6.42. The number of piperidine rings is 1. The average Bonchev–Trinajstić information content (AvgIpc) is 2.73. The summed E-state index contributed by atoms with van der Waals surface area (Å²) >= 11 is 3.38. The Balaban J connectivity index is 1.53. The highest BCUT2D eigenvalue weighted by Gasteiger charge is 2.31. The Bertz CT molecular complexity index is 1040. The first-order valence-corrected chi connectivity index (χ1v) is 13.5. The molecular formula is C25H33BrN2O3S. The van der Waals surface area contributed by atoms with E-state index in [0.29, 0.717) is 25.9 Å². The van der Waals surface area contributed by atoms with E-state index in [1.165, 1.54) is 9.87 Å². The Labute approximate surface area is 200 Å². The Morgan fingerprint density at radius 1 is 1.12 bits per heavy atom. The van der Waals surface area contributed by atoms with Crippen LogP contribution in [0.3, 0.4) is 0 Å². The van der Waals surface area contributed by atoms with Crippen LogP contribution in [0, 0.1) is 5.92 Å². The van der Waals surface area contributed by atoms with E-state index < -0.39 is 10.0 Å². The number of rotatable bonds is 6. The molecule has 0 unspecified atom stereocenters. The topological polar surface area (TPSA) is 66.5 Å². The number of halogens is 1. The summed E-state index contributed by atoms with van der Waals surface area (Å²) in [5, 5.41) is 3.11. The highest BCUT2D eigenvalue weighted by atomic mass is 79.9. The molecule has 0 spiro atoms. The lowest BCUT2D eigenvalue weighted by atomic mass is 9.86. The Morgan fingerprint density at radius 2 is 1.75 bits per heavy atom. The van der Waals surface area contributed by atoms with Gasteiger partial charge in [-0.15, -0.1) is 0 Å². The summed E-state index contributed by atoms with van der Waals surface area (Å²) in [6.07, 6.45) is 1.08. The van der Waals surface area contributed by atoms with Gasteiger partial charge in [-0.2, -0.15) is 0 Å². The number of carbonyl (C=O) groups is 1. The number of hydrogen-bond acceptors (Lipinski definition) is 3. The smallest absolute Gasteiger partial charge is 0.223 e. The molecule has 1 aliphatic rings. The second kappa shape index (κ2) is 10.1. The van der Waals surface area contributed by atoms with Crippen LogP contribution in [0.1, 0.15) is 63.3 Å². The van der Waals surface area contributed by atoms with Crippen molar-refractivity contribution in [3.8, 4) is 0 Å². The maximum absolute atomic E-state index is 12.8. The van der Waals surface area contributed by atoms with E-state index in [9.17, 15) is 13.2 Å². The number of amides is 1. The standard InChI is InChI=1S/C25H33BrN2O3S/c1-18(20-8-10-22(11-9-20)25(2,3)4)27-24(29)21-12-14-28(15-13-21)32(30,31)17-19-6-5-7-23(26)16-19/h5-11,16,18,21H,12-15,17H2,1-4H3,(H,27,29)/t18-/m0/s1. The van der Waals surface area contributed by atoms with E-state index in [-0.39, 0.29) is 29.0 Å². The van der Waals surface area contributed by atoms with E-state index in [0.717, 1.165) is 15.6 Å². The number of carbonyl (C=O) groups excluding carboxylic acids is 1. The lowest BCUT2D eigenvalue weighted by molar-refractivity contribution is -0.126. The zero-order valence-corrected chi connectivity index (χ0v) is 21.7.